The van der Waals surface area contributed by atoms with Crippen molar-refractivity contribution in [3.8, 4) is 17.0 Å². The molecule has 0 unspecified atom stereocenters. The predicted octanol–water partition coefficient (Wildman–Crippen LogP) is 2.61. The summed E-state index contributed by atoms with van der Waals surface area (Å²) in [4.78, 5) is 8.36. The molecule has 3 rings (SSSR count). The second-order valence-corrected chi connectivity index (χ2v) is 4.52. The SMILES string of the molecule is COc1ncc(Cc2ncn[nH]2)cc1-c1cccc(F)c1. The Balaban J connectivity index is 2.01. The Kier molecular flexibility index (Phi) is 3.59. The van der Waals surface area contributed by atoms with Crippen LogP contribution in [0.4, 0.5) is 4.39 Å². The minimum Gasteiger partial charge on any atom is -0.481 e. The van der Waals surface area contributed by atoms with Gasteiger partial charge in [0, 0.05) is 18.2 Å². The van der Waals surface area contributed by atoms with Gasteiger partial charge in [0.2, 0.25) is 5.88 Å². The average Bonchev–Trinajstić information content (AvgIpc) is 3.00. The molecule has 0 saturated carbocycles. The van der Waals surface area contributed by atoms with E-state index in [1.165, 1.54) is 18.5 Å². The van der Waals surface area contributed by atoms with Crippen LogP contribution in [0.1, 0.15) is 11.4 Å². The van der Waals surface area contributed by atoms with E-state index in [2.05, 4.69) is 20.2 Å². The minimum absolute atomic E-state index is 0.296. The van der Waals surface area contributed by atoms with Gasteiger partial charge in [-0.05, 0) is 29.3 Å². The summed E-state index contributed by atoms with van der Waals surface area (Å²) in [6.07, 6.45) is 3.74. The van der Waals surface area contributed by atoms with Crippen LogP contribution in [0, 0.1) is 5.82 Å². The number of H-pyrrole nitrogens is 1. The van der Waals surface area contributed by atoms with Crippen molar-refractivity contribution < 1.29 is 9.13 Å². The van der Waals surface area contributed by atoms with Gasteiger partial charge in [0.15, 0.2) is 0 Å². The van der Waals surface area contributed by atoms with Gasteiger partial charge in [0.05, 0.1) is 7.11 Å². The molecule has 1 aromatic carbocycles. The highest BCUT2D eigenvalue weighted by molar-refractivity contribution is 5.69. The normalized spacial score (nSPS) is 10.6. The van der Waals surface area contributed by atoms with Crippen LogP contribution >= 0.6 is 0 Å². The van der Waals surface area contributed by atoms with Gasteiger partial charge in [0.25, 0.3) is 0 Å². The van der Waals surface area contributed by atoms with Crippen molar-refractivity contribution in [2.24, 2.45) is 0 Å². The third-order valence-electron chi connectivity index (χ3n) is 3.07. The Bertz CT molecular complexity index is 743. The van der Waals surface area contributed by atoms with Crippen LogP contribution in [0.15, 0.2) is 42.9 Å². The lowest BCUT2D eigenvalue weighted by Crippen LogP contribution is -1.97. The van der Waals surface area contributed by atoms with Crippen LogP contribution in [0.25, 0.3) is 11.1 Å². The molecule has 0 bridgehead atoms. The quantitative estimate of drug-likeness (QED) is 0.800. The Morgan fingerprint density at radius 1 is 1.24 bits per heavy atom. The van der Waals surface area contributed by atoms with Gasteiger partial charge in [-0.25, -0.2) is 14.4 Å². The lowest BCUT2D eigenvalue weighted by atomic mass is 10.0. The van der Waals surface area contributed by atoms with Crippen LogP contribution in [0.2, 0.25) is 0 Å². The molecule has 0 fully saturated rings. The Labute approximate surface area is 120 Å². The van der Waals surface area contributed by atoms with Crippen LogP contribution in [0.5, 0.6) is 5.88 Å². The van der Waals surface area contributed by atoms with Crippen molar-refractivity contribution in [1.29, 1.82) is 0 Å². The molecule has 21 heavy (non-hydrogen) atoms. The van der Waals surface area contributed by atoms with Crippen molar-refractivity contribution in [2.45, 2.75) is 6.42 Å². The highest BCUT2D eigenvalue weighted by Gasteiger charge is 2.10. The third kappa shape index (κ3) is 2.89. The molecule has 0 aliphatic rings. The van der Waals surface area contributed by atoms with Gasteiger partial charge in [-0.15, -0.1) is 0 Å². The number of nitrogens with zero attached hydrogens (tertiary/aromatic N) is 3. The first-order valence-electron chi connectivity index (χ1n) is 6.39. The number of pyridine rings is 1. The van der Waals surface area contributed by atoms with Gasteiger partial charge < -0.3 is 4.74 Å². The van der Waals surface area contributed by atoms with E-state index in [1.807, 2.05) is 12.1 Å². The number of hydrogen-bond donors (Lipinski definition) is 1. The van der Waals surface area contributed by atoms with Crippen LogP contribution in [0.3, 0.4) is 0 Å². The number of aromatic amines is 1. The predicted molar refractivity (Wildman–Crippen MR) is 75.4 cm³/mol. The molecule has 0 aliphatic heterocycles. The maximum Gasteiger partial charge on any atom is 0.221 e. The number of aromatic nitrogens is 4. The fraction of sp³-hybridized carbons (Fsp3) is 0.133. The Hall–Kier alpha value is -2.76. The molecule has 106 valence electrons. The molecule has 0 amide bonds. The number of rotatable bonds is 4. The zero-order chi connectivity index (χ0) is 14.7. The summed E-state index contributed by atoms with van der Waals surface area (Å²) in [5, 5.41) is 6.62. The lowest BCUT2D eigenvalue weighted by Gasteiger charge is -2.09. The van der Waals surface area contributed by atoms with E-state index in [0.29, 0.717) is 12.3 Å². The van der Waals surface area contributed by atoms with Crippen molar-refractivity contribution >= 4 is 0 Å². The molecule has 1 N–H and O–H groups in total. The second-order valence-electron chi connectivity index (χ2n) is 4.52. The molecule has 0 spiro atoms. The average molecular weight is 284 g/mol. The van der Waals surface area contributed by atoms with Gasteiger partial charge in [-0.3, -0.25) is 5.10 Å². The molecular weight excluding hydrogens is 271 g/mol. The van der Waals surface area contributed by atoms with E-state index in [0.717, 1.165) is 22.5 Å². The smallest absolute Gasteiger partial charge is 0.221 e. The first kappa shape index (κ1) is 13.2. The topological polar surface area (TPSA) is 63.7 Å². The van der Waals surface area contributed by atoms with Gasteiger partial charge in [0.1, 0.15) is 18.0 Å². The molecule has 0 aliphatic carbocycles. The molecule has 5 nitrogen and oxygen atoms in total. The molecular formula is C15H13FN4O. The largest absolute Gasteiger partial charge is 0.481 e. The summed E-state index contributed by atoms with van der Waals surface area (Å²) in [5.74, 6) is 0.907. The number of benzene rings is 1. The van der Waals surface area contributed by atoms with Crippen molar-refractivity contribution in [2.75, 3.05) is 7.11 Å². The zero-order valence-electron chi connectivity index (χ0n) is 11.4. The van der Waals surface area contributed by atoms with E-state index < -0.39 is 0 Å². The van der Waals surface area contributed by atoms with Crippen molar-refractivity contribution in [3.63, 3.8) is 0 Å². The fourth-order valence-electron chi connectivity index (χ4n) is 2.13. The van der Waals surface area contributed by atoms with Crippen molar-refractivity contribution in [3.05, 3.63) is 60.1 Å². The van der Waals surface area contributed by atoms with E-state index in [9.17, 15) is 4.39 Å². The summed E-state index contributed by atoms with van der Waals surface area (Å²) in [5.41, 5.74) is 2.40. The monoisotopic (exact) mass is 284 g/mol. The number of halogens is 1. The van der Waals surface area contributed by atoms with E-state index in [1.54, 1.807) is 19.4 Å². The summed E-state index contributed by atoms with van der Waals surface area (Å²) in [6.45, 7) is 0. The molecule has 6 heteroatoms. The standard InChI is InChI=1S/C15H13FN4O/c1-21-15-13(11-3-2-4-12(16)7-11)5-10(8-17-15)6-14-18-9-19-20-14/h2-5,7-9H,6H2,1H3,(H,18,19,20). The molecule has 3 aromatic rings. The Morgan fingerprint density at radius 2 is 2.14 bits per heavy atom. The first-order chi connectivity index (χ1) is 10.3. The van der Waals surface area contributed by atoms with Gasteiger partial charge in [-0.1, -0.05) is 12.1 Å². The summed E-state index contributed by atoms with van der Waals surface area (Å²) in [6, 6.07) is 8.26. The molecule has 2 aromatic heterocycles. The van der Waals surface area contributed by atoms with E-state index >= 15 is 0 Å². The maximum atomic E-state index is 13.4. The number of nitrogens with one attached hydrogen (secondary N) is 1. The lowest BCUT2D eigenvalue weighted by molar-refractivity contribution is 0.399. The van der Waals surface area contributed by atoms with Crippen LogP contribution in [-0.4, -0.2) is 27.3 Å². The van der Waals surface area contributed by atoms with Crippen molar-refractivity contribution in [1.82, 2.24) is 20.2 Å². The maximum absolute atomic E-state index is 13.4. The minimum atomic E-state index is -0.296. The summed E-state index contributed by atoms with van der Waals surface area (Å²) in [7, 11) is 1.54. The van der Waals surface area contributed by atoms with E-state index in [-0.39, 0.29) is 5.82 Å². The number of methoxy groups -OCH3 is 1. The third-order valence-corrected chi connectivity index (χ3v) is 3.07. The molecule has 2 heterocycles. The van der Waals surface area contributed by atoms with Gasteiger partial charge >= 0.3 is 0 Å². The fourth-order valence-corrected chi connectivity index (χ4v) is 2.13. The van der Waals surface area contributed by atoms with Crippen LogP contribution in [-0.2, 0) is 6.42 Å². The highest BCUT2D eigenvalue weighted by atomic mass is 19.1. The second kappa shape index (κ2) is 5.70. The highest BCUT2D eigenvalue weighted by Crippen LogP contribution is 2.29. The first-order valence-corrected chi connectivity index (χ1v) is 6.39. The summed E-state index contributed by atoms with van der Waals surface area (Å²) < 4.78 is 18.7. The van der Waals surface area contributed by atoms with E-state index in [4.69, 9.17) is 4.74 Å². The summed E-state index contributed by atoms with van der Waals surface area (Å²) >= 11 is 0. The molecule has 0 saturated heterocycles. The molecule has 0 atom stereocenters. The number of ether oxygens (including phenoxy) is 1. The number of hydrogen-bond acceptors (Lipinski definition) is 4. The van der Waals surface area contributed by atoms with Gasteiger partial charge in [-0.2, -0.15) is 5.10 Å². The zero-order valence-corrected chi connectivity index (χ0v) is 11.4. The Morgan fingerprint density at radius 3 is 2.86 bits per heavy atom. The van der Waals surface area contributed by atoms with Crippen LogP contribution < -0.4 is 4.74 Å². The molecule has 0 radical (unpaired) electrons.